The number of methoxy groups -OCH3 is 1. The molecule has 1 aliphatic carbocycles. The zero-order valence-electron chi connectivity index (χ0n) is 14.4. The van der Waals surface area contributed by atoms with Crippen LogP contribution in [0, 0.1) is 0 Å². The Morgan fingerprint density at radius 3 is 2.50 bits per heavy atom. The van der Waals surface area contributed by atoms with Gasteiger partial charge in [0.1, 0.15) is 17.3 Å². The van der Waals surface area contributed by atoms with E-state index in [0.29, 0.717) is 12.5 Å². The Balaban J connectivity index is 1.47. The van der Waals surface area contributed by atoms with Crippen molar-refractivity contribution < 1.29 is 9.47 Å². The number of rotatable bonds is 7. The Kier molecular flexibility index (Phi) is 6.01. The van der Waals surface area contributed by atoms with Crippen molar-refractivity contribution in [2.24, 2.45) is 7.05 Å². The lowest BCUT2D eigenvalue weighted by molar-refractivity contribution is 0.342. The Morgan fingerprint density at radius 1 is 1.08 bits per heavy atom. The Morgan fingerprint density at radius 2 is 1.79 bits per heavy atom. The molecule has 1 aromatic carbocycles. The zero-order valence-corrected chi connectivity index (χ0v) is 15.2. The van der Waals surface area contributed by atoms with E-state index in [1.165, 1.54) is 32.1 Å². The van der Waals surface area contributed by atoms with Gasteiger partial charge in [-0.1, -0.05) is 31.0 Å². The van der Waals surface area contributed by atoms with Gasteiger partial charge >= 0.3 is 0 Å². The van der Waals surface area contributed by atoms with E-state index in [2.05, 4.69) is 21.8 Å². The normalized spacial score (nSPS) is 15.4. The molecule has 1 saturated carbocycles. The minimum Gasteiger partial charge on any atom is -0.497 e. The van der Waals surface area contributed by atoms with E-state index >= 15 is 0 Å². The zero-order chi connectivity index (χ0) is 16.8. The second-order valence-electron chi connectivity index (χ2n) is 6.11. The average molecular weight is 347 g/mol. The first-order valence-electron chi connectivity index (χ1n) is 8.57. The van der Waals surface area contributed by atoms with Crippen molar-refractivity contribution in [2.45, 2.75) is 43.2 Å². The largest absolute Gasteiger partial charge is 0.497 e. The van der Waals surface area contributed by atoms with Crippen LogP contribution in [-0.4, -0.2) is 34.2 Å². The molecule has 0 atom stereocenters. The van der Waals surface area contributed by atoms with Crippen LogP contribution in [0.2, 0.25) is 0 Å². The van der Waals surface area contributed by atoms with Crippen molar-refractivity contribution in [3.05, 3.63) is 30.1 Å². The highest BCUT2D eigenvalue weighted by atomic mass is 32.2. The summed E-state index contributed by atoms with van der Waals surface area (Å²) in [7, 11) is 3.74. The van der Waals surface area contributed by atoms with Gasteiger partial charge in [-0.3, -0.25) is 0 Å². The molecule has 130 valence electrons. The van der Waals surface area contributed by atoms with Crippen molar-refractivity contribution in [1.29, 1.82) is 0 Å². The minimum absolute atomic E-state index is 0.584. The van der Waals surface area contributed by atoms with Crippen LogP contribution in [-0.2, 0) is 7.05 Å². The number of aromatic nitrogens is 3. The Labute approximate surface area is 147 Å². The van der Waals surface area contributed by atoms with E-state index in [0.717, 1.165) is 28.2 Å². The lowest BCUT2D eigenvalue weighted by Gasteiger charge is -2.20. The third-order valence-electron chi connectivity index (χ3n) is 4.48. The molecular formula is C18H25N3O2S. The summed E-state index contributed by atoms with van der Waals surface area (Å²) in [5.41, 5.74) is 0. The predicted octanol–water partition coefficient (Wildman–Crippen LogP) is 4.04. The number of thioether (sulfide) groups is 1. The molecule has 0 unspecified atom stereocenters. The molecule has 1 heterocycles. The molecule has 0 amide bonds. The van der Waals surface area contributed by atoms with Crippen LogP contribution in [0.1, 0.15) is 43.8 Å². The summed E-state index contributed by atoms with van der Waals surface area (Å²) in [6, 6.07) is 7.66. The smallest absolute Gasteiger partial charge is 0.191 e. The van der Waals surface area contributed by atoms with Gasteiger partial charge in [0.15, 0.2) is 5.16 Å². The van der Waals surface area contributed by atoms with Crippen molar-refractivity contribution in [3.8, 4) is 11.5 Å². The number of hydrogen-bond acceptors (Lipinski definition) is 5. The van der Waals surface area contributed by atoms with Gasteiger partial charge in [0.2, 0.25) is 0 Å². The van der Waals surface area contributed by atoms with E-state index in [9.17, 15) is 0 Å². The lowest BCUT2D eigenvalue weighted by atomic mass is 9.89. The molecule has 0 radical (unpaired) electrons. The predicted molar refractivity (Wildman–Crippen MR) is 96.0 cm³/mol. The molecule has 24 heavy (non-hydrogen) atoms. The molecule has 1 fully saturated rings. The number of ether oxygens (including phenoxy) is 2. The molecule has 2 aromatic rings. The number of nitrogens with zero attached hydrogens (tertiary/aromatic N) is 3. The summed E-state index contributed by atoms with van der Waals surface area (Å²) in [5, 5.41) is 9.78. The first-order chi connectivity index (χ1) is 11.8. The first-order valence-corrected chi connectivity index (χ1v) is 9.55. The van der Waals surface area contributed by atoms with E-state index in [-0.39, 0.29) is 0 Å². The van der Waals surface area contributed by atoms with Gasteiger partial charge in [-0.05, 0) is 37.1 Å². The molecule has 1 aromatic heterocycles. The van der Waals surface area contributed by atoms with Crippen LogP contribution >= 0.6 is 11.8 Å². The van der Waals surface area contributed by atoms with Gasteiger partial charge in [-0.2, -0.15) is 0 Å². The van der Waals surface area contributed by atoms with Crippen molar-refractivity contribution >= 4 is 11.8 Å². The van der Waals surface area contributed by atoms with Crippen LogP contribution in [0.15, 0.2) is 29.4 Å². The highest BCUT2D eigenvalue weighted by Gasteiger charge is 2.21. The summed E-state index contributed by atoms with van der Waals surface area (Å²) >= 11 is 1.70. The topological polar surface area (TPSA) is 49.2 Å². The molecule has 6 heteroatoms. The molecule has 0 spiro atoms. The Bertz CT molecular complexity index is 636. The van der Waals surface area contributed by atoms with E-state index in [1.54, 1.807) is 18.9 Å². The fourth-order valence-electron chi connectivity index (χ4n) is 3.13. The molecule has 5 nitrogen and oxygen atoms in total. The third-order valence-corrected chi connectivity index (χ3v) is 5.47. The summed E-state index contributed by atoms with van der Waals surface area (Å²) < 4.78 is 13.1. The summed E-state index contributed by atoms with van der Waals surface area (Å²) in [6.45, 7) is 0.641. The first kappa shape index (κ1) is 17.1. The maximum absolute atomic E-state index is 5.76. The monoisotopic (exact) mass is 347 g/mol. The standard InChI is InChI=1S/C18H25N3O2S/c1-21-17(14-6-4-3-5-7-14)19-20-18(21)24-13-12-23-16-10-8-15(22-2)9-11-16/h8-11,14H,3-7,12-13H2,1-2H3. The lowest BCUT2D eigenvalue weighted by Crippen LogP contribution is -2.10. The summed E-state index contributed by atoms with van der Waals surface area (Å²) in [6.07, 6.45) is 6.48. The molecule has 3 rings (SSSR count). The highest BCUT2D eigenvalue weighted by Crippen LogP contribution is 2.32. The van der Waals surface area contributed by atoms with Gasteiger partial charge in [0, 0.05) is 18.7 Å². The van der Waals surface area contributed by atoms with Crippen LogP contribution in [0.5, 0.6) is 11.5 Å². The maximum Gasteiger partial charge on any atom is 0.191 e. The van der Waals surface area contributed by atoms with Gasteiger partial charge in [0.25, 0.3) is 0 Å². The molecule has 0 aliphatic heterocycles. The maximum atomic E-state index is 5.76. The fraction of sp³-hybridized carbons (Fsp3) is 0.556. The van der Waals surface area contributed by atoms with Crippen molar-refractivity contribution in [2.75, 3.05) is 19.5 Å². The van der Waals surface area contributed by atoms with Crippen molar-refractivity contribution in [3.63, 3.8) is 0 Å². The van der Waals surface area contributed by atoms with Gasteiger partial charge in [-0.25, -0.2) is 0 Å². The summed E-state index contributed by atoms with van der Waals surface area (Å²) in [4.78, 5) is 0. The second kappa shape index (κ2) is 8.42. The van der Waals surface area contributed by atoms with E-state index < -0.39 is 0 Å². The molecule has 0 saturated heterocycles. The van der Waals surface area contributed by atoms with Crippen molar-refractivity contribution in [1.82, 2.24) is 14.8 Å². The third kappa shape index (κ3) is 4.23. The average Bonchev–Trinajstić information content (AvgIpc) is 3.00. The molecule has 1 aliphatic rings. The SMILES string of the molecule is COc1ccc(OCCSc2nnc(C3CCCCC3)n2C)cc1. The van der Waals surface area contributed by atoms with E-state index in [4.69, 9.17) is 9.47 Å². The van der Waals surface area contributed by atoms with Crippen LogP contribution in [0.4, 0.5) is 0 Å². The molecule has 0 N–H and O–H groups in total. The van der Waals surface area contributed by atoms with Crippen LogP contribution < -0.4 is 9.47 Å². The second-order valence-corrected chi connectivity index (χ2v) is 7.17. The fourth-order valence-corrected chi connectivity index (χ4v) is 3.87. The highest BCUT2D eigenvalue weighted by molar-refractivity contribution is 7.99. The molecule has 0 bridgehead atoms. The Hall–Kier alpha value is -1.69. The molecular weight excluding hydrogens is 322 g/mol. The van der Waals surface area contributed by atoms with Gasteiger partial charge in [-0.15, -0.1) is 10.2 Å². The van der Waals surface area contributed by atoms with Crippen LogP contribution in [0.3, 0.4) is 0 Å². The van der Waals surface area contributed by atoms with Crippen LogP contribution in [0.25, 0.3) is 0 Å². The number of benzene rings is 1. The summed E-state index contributed by atoms with van der Waals surface area (Å²) in [5.74, 6) is 4.28. The van der Waals surface area contributed by atoms with Gasteiger partial charge in [0.05, 0.1) is 13.7 Å². The van der Waals surface area contributed by atoms with E-state index in [1.807, 2.05) is 24.3 Å². The quantitative estimate of drug-likeness (QED) is 0.559. The van der Waals surface area contributed by atoms with Gasteiger partial charge < -0.3 is 14.0 Å². The number of hydrogen-bond donors (Lipinski definition) is 0. The minimum atomic E-state index is 0.584.